The zero-order valence-electron chi connectivity index (χ0n) is 12.1. The average Bonchev–Trinajstić information content (AvgIpc) is 2.70. The summed E-state index contributed by atoms with van der Waals surface area (Å²) >= 11 is 6.01. The van der Waals surface area contributed by atoms with Crippen LogP contribution in [0.2, 0.25) is 5.02 Å². The maximum absolute atomic E-state index is 6.51. The summed E-state index contributed by atoms with van der Waals surface area (Å²) in [6, 6.07) is 7.57. The van der Waals surface area contributed by atoms with E-state index in [4.69, 9.17) is 22.1 Å². The third-order valence-electron chi connectivity index (χ3n) is 4.28. The van der Waals surface area contributed by atoms with E-state index in [1.807, 2.05) is 24.3 Å². The van der Waals surface area contributed by atoms with Crippen molar-refractivity contribution in [2.45, 2.75) is 44.1 Å². The summed E-state index contributed by atoms with van der Waals surface area (Å²) in [5.74, 6) is 0.839. The molecule has 1 saturated carbocycles. The van der Waals surface area contributed by atoms with Crippen molar-refractivity contribution in [2.75, 3.05) is 6.61 Å². The van der Waals surface area contributed by atoms with Crippen molar-refractivity contribution in [1.29, 1.82) is 0 Å². The van der Waals surface area contributed by atoms with Gasteiger partial charge in [0.1, 0.15) is 12.4 Å². The van der Waals surface area contributed by atoms with Gasteiger partial charge in [-0.15, -0.1) is 0 Å². The first kappa shape index (κ1) is 14.6. The van der Waals surface area contributed by atoms with Crippen LogP contribution in [0.3, 0.4) is 0 Å². The zero-order chi connectivity index (χ0) is 14.7. The van der Waals surface area contributed by atoms with Gasteiger partial charge in [-0.1, -0.05) is 37.3 Å². The van der Waals surface area contributed by atoms with Gasteiger partial charge in [0, 0.05) is 16.6 Å². The Morgan fingerprint density at radius 2 is 1.90 bits per heavy atom. The highest BCUT2D eigenvalue weighted by atomic mass is 35.5. The van der Waals surface area contributed by atoms with E-state index < -0.39 is 0 Å². The first-order valence-corrected chi connectivity index (χ1v) is 8.00. The molecule has 0 aliphatic heterocycles. The number of nitrogens with two attached hydrogens (primary N) is 1. The van der Waals surface area contributed by atoms with Crippen LogP contribution in [0.5, 0.6) is 5.75 Å². The number of hydrogen-bond acceptors (Lipinski definition) is 3. The third-order valence-corrected chi connectivity index (χ3v) is 4.51. The second-order valence-corrected chi connectivity index (χ2v) is 6.47. The molecule has 0 atom stereocenters. The quantitative estimate of drug-likeness (QED) is 0.859. The molecule has 1 heterocycles. The minimum absolute atomic E-state index is 0.196. The molecule has 0 bridgehead atoms. The molecule has 2 N–H and O–H groups in total. The molecule has 3 rings (SSSR count). The van der Waals surface area contributed by atoms with E-state index in [0.29, 0.717) is 11.6 Å². The summed E-state index contributed by atoms with van der Waals surface area (Å²) < 4.78 is 6.05. The number of hydrogen-bond donors (Lipinski definition) is 1. The molecule has 3 nitrogen and oxygen atoms in total. The first-order valence-electron chi connectivity index (χ1n) is 7.62. The number of halogens is 1. The number of aromatic nitrogens is 1. The third kappa shape index (κ3) is 3.47. The van der Waals surface area contributed by atoms with E-state index in [1.54, 1.807) is 6.20 Å². The van der Waals surface area contributed by atoms with Crippen molar-refractivity contribution < 1.29 is 4.74 Å². The molecular weight excluding hydrogens is 284 g/mol. The van der Waals surface area contributed by atoms with Crippen molar-refractivity contribution >= 4 is 22.5 Å². The fraction of sp³-hybridized carbons (Fsp3) is 0.471. The second-order valence-electron chi connectivity index (χ2n) is 6.04. The Hall–Kier alpha value is -1.32. The summed E-state index contributed by atoms with van der Waals surface area (Å²) in [5, 5.41) is 1.67. The van der Waals surface area contributed by atoms with E-state index in [9.17, 15) is 0 Å². The van der Waals surface area contributed by atoms with Gasteiger partial charge in [-0.2, -0.15) is 0 Å². The van der Waals surface area contributed by atoms with Crippen LogP contribution in [0.4, 0.5) is 0 Å². The van der Waals surface area contributed by atoms with Gasteiger partial charge in [0.2, 0.25) is 0 Å². The SMILES string of the molecule is NC1(COc2ccnc3cc(Cl)ccc23)CCCCCC1. The Bertz CT molecular complexity index is 621. The lowest BCUT2D eigenvalue weighted by Crippen LogP contribution is -2.45. The minimum Gasteiger partial charge on any atom is -0.491 e. The van der Waals surface area contributed by atoms with Crippen LogP contribution in [0.25, 0.3) is 10.9 Å². The molecule has 1 aromatic carbocycles. The van der Waals surface area contributed by atoms with Crippen molar-refractivity contribution in [3.05, 3.63) is 35.5 Å². The highest BCUT2D eigenvalue weighted by molar-refractivity contribution is 6.31. The number of ether oxygens (including phenoxy) is 1. The van der Waals surface area contributed by atoms with Gasteiger partial charge in [0.15, 0.2) is 0 Å². The molecule has 2 aromatic rings. The number of benzene rings is 1. The van der Waals surface area contributed by atoms with Crippen molar-refractivity contribution in [3.8, 4) is 5.75 Å². The van der Waals surface area contributed by atoms with Gasteiger partial charge in [-0.3, -0.25) is 4.98 Å². The molecule has 0 unspecified atom stereocenters. The molecule has 1 aromatic heterocycles. The predicted octanol–water partition coefficient (Wildman–Crippen LogP) is 4.32. The summed E-state index contributed by atoms with van der Waals surface area (Å²) in [6.07, 6.45) is 8.82. The van der Waals surface area contributed by atoms with Gasteiger partial charge in [-0.25, -0.2) is 0 Å². The molecule has 0 radical (unpaired) electrons. The molecule has 1 aliphatic rings. The van der Waals surface area contributed by atoms with Gasteiger partial charge in [0.25, 0.3) is 0 Å². The Kier molecular flexibility index (Phi) is 4.32. The fourth-order valence-electron chi connectivity index (χ4n) is 3.02. The van der Waals surface area contributed by atoms with E-state index in [-0.39, 0.29) is 5.54 Å². The number of rotatable bonds is 3. The predicted molar refractivity (Wildman–Crippen MR) is 86.9 cm³/mol. The standard InChI is InChI=1S/C17H21ClN2O/c18-13-5-6-14-15(11-13)20-10-7-16(14)21-12-17(19)8-3-1-2-4-9-17/h5-7,10-11H,1-4,8-9,12,19H2. The molecule has 0 amide bonds. The lowest BCUT2D eigenvalue weighted by Gasteiger charge is -2.28. The van der Waals surface area contributed by atoms with Gasteiger partial charge >= 0.3 is 0 Å². The second kappa shape index (κ2) is 6.20. The lowest BCUT2D eigenvalue weighted by molar-refractivity contribution is 0.201. The summed E-state index contributed by atoms with van der Waals surface area (Å²) in [4.78, 5) is 4.33. The van der Waals surface area contributed by atoms with Gasteiger partial charge in [-0.05, 0) is 37.1 Å². The largest absolute Gasteiger partial charge is 0.491 e. The first-order chi connectivity index (χ1) is 10.2. The number of nitrogens with zero attached hydrogens (tertiary/aromatic N) is 1. The van der Waals surface area contributed by atoms with Crippen LogP contribution in [-0.2, 0) is 0 Å². The average molecular weight is 305 g/mol. The molecule has 1 fully saturated rings. The summed E-state index contributed by atoms with van der Waals surface area (Å²) in [7, 11) is 0. The normalized spacial score (nSPS) is 18.4. The van der Waals surface area contributed by atoms with Crippen molar-refractivity contribution in [1.82, 2.24) is 4.98 Å². The lowest BCUT2D eigenvalue weighted by atomic mass is 9.92. The fourth-order valence-corrected chi connectivity index (χ4v) is 3.19. The molecule has 4 heteroatoms. The molecule has 112 valence electrons. The highest BCUT2D eigenvalue weighted by Gasteiger charge is 2.27. The molecule has 1 aliphatic carbocycles. The number of pyridine rings is 1. The molecule has 0 spiro atoms. The Labute approximate surface area is 130 Å². The molecule has 21 heavy (non-hydrogen) atoms. The maximum atomic E-state index is 6.51. The summed E-state index contributed by atoms with van der Waals surface area (Å²) in [6.45, 7) is 0.564. The minimum atomic E-state index is -0.196. The van der Waals surface area contributed by atoms with Crippen LogP contribution in [0, 0.1) is 0 Å². The smallest absolute Gasteiger partial charge is 0.130 e. The van der Waals surface area contributed by atoms with Crippen molar-refractivity contribution in [2.24, 2.45) is 5.73 Å². The zero-order valence-corrected chi connectivity index (χ0v) is 12.9. The highest BCUT2D eigenvalue weighted by Crippen LogP contribution is 2.29. The van der Waals surface area contributed by atoms with E-state index in [0.717, 1.165) is 29.5 Å². The monoisotopic (exact) mass is 304 g/mol. The van der Waals surface area contributed by atoms with E-state index >= 15 is 0 Å². The Balaban J connectivity index is 1.78. The van der Waals surface area contributed by atoms with Crippen LogP contribution < -0.4 is 10.5 Å². The molecule has 0 saturated heterocycles. The van der Waals surface area contributed by atoms with Crippen LogP contribution in [-0.4, -0.2) is 17.1 Å². The van der Waals surface area contributed by atoms with Gasteiger partial charge in [0.05, 0.1) is 11.1 Å². The van der Waals surface area contributed by atoms with Gasteiger partial charge < -0.3 is 10.5 Å². The van der Waals surface area contributed by atoms with E-state index in [1.165, 1.54) is 25.7 Å². The van der Waals surface area contributed by atoms with Crippen LogP contribution in [0.15, 0.2) is 30.5 Å². The number of fused-ring (bicyclic) bond motifs is 1. The Morgan fingerprint density at radius 1 is 1.14 bits per heavy atom. The van der Waals surface area contributed by atoms with Crippen LogP contribution in [0.1, 0.15) is 38.5 Å². The van der Waals surface area contributed by atoms with E-state index in [2.05, 4.69) is 4.98 Å². The Morgan fingerprint density at radius 3 is 2.67 bits per heavy atom. The van der Waals surface area contributed by atoms with Crippen molar-refractivity contribution in [3.63, 3.8) is 0 Å². The van der Waals surface area contributed by atoms with Crippen LogP contribution >= 0.6 is 11.6 Å². The maximum Gasteiger partial charge on any atom is 0.130 e. The molecular formula is C17H21ClN2O. The summed E-state index contributed by atoms with van der Waals surface area (Å²) in [5.41, 5.74) is 7.17. The topological polar surface area (TPSA) is 48.1 Å².